The van der Waals surface area contributed by atoms with Gasteiger partial charge in [0.1, 0.15) is 11.4 Å². The maximum Gasteiger partial charge on any atom is 0.238 e. The van der Waals surface area contributed by atoms with Gasteiger partial charge in [0.25, 0.3) is 0 Å². The Morgan fingerprint density at radius 3 is 3.00 bits per heavy atom. The average molecular weight is 347 g/mol. The van der Waals surface area contributed by atoms with Crippen molar-refractivity contribution >= 4 is 16.8 Å². The Hall–Kier alpha value is -3.22. The van der Waals surface area contributed by atoms with Crippen molar-refractivity contribution in [2.24, 2.45) is 0 Å². The summed E-state index contributed by atoms with van der Waals surface area (Å²) >= 11 is 0. The van der Waals surface area contributed by atoms with Crippen LogP contribution in [0.3, 0.4) is 0 Å². The van der Waals surface area contributed by atoms with E-state index in [-0.39, 0.29) is 5.92 Å². The van der Waals surface area contributed by atoms with E-state index in [1.807, 2.05) is 30.3 Å². The molecule has 0 unspecified atom stereocenters. The lowest BCUT2D eigenvalue weighted by molar-refractivity contribution is 0.332. The van der Waals surface area contributed by atoms with Crippen molar-refractivity contribution in [3.05, 3.63) is 54.8 Å². The smallest absolute Gasteiger partial charge is 0.238 e. The van der Waals surface area contributed by atoms with Crippen LogP contribution in [0.2, 0.25) is 0 Å². The molecule has 7 nitrogen and oxygen atoms in total. The van der Waals surface area contributed by atoms with Crippen LogP contribution in [0.4, 0.5) is 5.82 Å². The Balaban J connectivity index is 1.39. The second-order valence-corrected chi connectivity index (χ2v) is 6.45. The van der Waals surface area contributed by atoms with Gasteiger partial charge in [0.2, 0.25) is 11.7 Å². The van der Waals surface area contributed by atoms with Gasteiger partial charge in [0, 0.05) is 30.9 Å². The molecular weight excluding hydrogens is 330 g/mol. The van der Waals surface area contributed by atoms with Crippen LogP contribution in [-0.2, 0) is 0 Å². The molecule has 1 fully saturated rings. The van der Waals surface area contributed by atoms with Crippen molar-refractivity contribution in [3.63, 3.8) is 0 Å². The van der Waals surface area contributed by atoms with Gasteiger partial charge in [-0.1, -0.05) is 23.4 Å². The Labute approximate surface area is 149 Å². The zero-order valence-electron chi connectivity index (χ0n) is 14.1. The van der Waals surface area contributed by atoms with Crippen molar-refractivity contribution in [2.45, 2.75) is 18.8 Å². The summed E-state index contributed by atoms with van der Waals surface area (Å²) in [6, 6.07) is 9.80. The predicted octanol–water partition coefficient (Wildman–Crippen LogP) is 3.66. The lowest BCUT2D eigenvalue weighted by Crippen LogP contribution is -2.35. The Bertz CT molecular complexity index is 994. The molecule has 0 saturated carbocycles. The molecule has 0 radical (unpaired) electrons. The second kappa shape index (κ2) is 6.25. The van der Waals surface area contributed by atoms with Gasteiger partial charge in [-0.2, -0.15) is 4.98 Å². The number of aromatic nitrogens is 4. The summed E-state index contributed by atoms with van der Waals surface area (Å²) in [6.45, 7) is 1.75. The minimum absolute atomic E-state index is 0.177. The SMILES string of the molecule is c1ccc2oc(-c3noc([C@H]4CCCN(c5cnccn5)C4)n3)cc2c1. The number of rotatable bonds is 3. The summed E-state index contributed by atoms with van der Waals surface area (Å²) in [5.41, 5.74) is 0.820. The predicted molar refractivity (Wildman–Crippen MR) is 95.7 cm³/mol. The Morgan fingerprint density at radius 2 is 2.12 bits per heavy atom. The maximum atomic E-state index is 5.83. The van der Waals surface area contributed by atoms with Crippen LogP contribution in [0.5, 0.6) is 0 Å². The van der Waals surface area contributed by atoms with E-state index in [0.717, 1.165) is 42.7 Å². The average Bonchev–Trinajstić information content (AvgIpc) is 3.36. The molecule has 1 aromatic carbocycles. The standard InChI is InChI=1S/C19H17N5O2/c1-2-6-15-13(4-1)10-16(25-15)18-22-19(26-23-18)14-5-3-9-24(12-14)17-11-20-7-8-21-17/h1-2,4,6-8,10-11,14H,3,5,9,12H2/t14-/m0/s1. The number of hydrogen-bond donors (Lipinski definition) is 0. The number of anilines is 1. The minimum Gasteiger partial charge on any atom is -0.453 e. The molecule has 7 heteroatoms. The van der Waals surface area contributed by atoms with Crippen LogP contribution in [0.25, 0.3) is 22.6 Å². The van der Waals surface area contributed by atoms with Crippen LogP contribution in [0.1, 0.15) is 24.7 Å². The van der Waals surface area contributed by atoms with Gasteiger partial charge in [-0.25, -0.2) is 4.98 Å². The highest BCUT2D eigenvalue weighted by Gasteiger charge is 2.27. The van der Waals surface area contributed by atoms with E-state index in [0.29, 0.717) is 17.5 Å². The summed E-state index contributed by atoms with van der Waals surface area (Å²) in [5.74, 6) is 2.83. The van der Waals surface area contributed by atoms with Crippen molar-refractivity contribution in [3.8, 4) is 11.6 Å². The van der Waals surface area contributed by atoms with E-state index in [9.17, 15) is 0 Å². The normalized spacial score (nSPS) is 17.7. The summed E-state index contributed by atoms with van der Waals surface area (Å²) in [7, 11) is 0. The zero-order valence-corrected chi connectivity index (χ0v) is 14.1. The molecule has 3 aromatic heterocycles. The summed E-state index contributed by atoms with van der Waals surface area (Å²) in [6.07, 6.45) is 7.24. The molecule has 0 aliphatic carbocycles. The number of fused-ring (bicyclic) bond motifs is 1. The molecule has 4 heterocycles. The number of para-hydroxylation sites is 1. The first-order valence-corrected chi connectivity index (χ1v) is 8.70. The highest BCUT2D eigenvalue weighted by molar-refractivity contribution is 5.81. The van der Waals surface area contributed by atoms with Crippen molar-refractivity contribution in [1.82, 2.24) is 20.1 Å². The zero-order chi connectivity index (χ0) is 17.3. The number of benzene rings is 1. The van der Waals surface area contributed by atoms with Gasteiger partial charge in [0.15, 0.2) is 5.76 Å². The molecule has 0 bridgehead atoms. The van der Waals surface area contributed by atoms with Gasteiger partial charge in [-0.15, -0.1) is 0 Å². The van der Waals surface area contributed by atoms with Crippen molar-refractivity contribution in [2.75, 3.05) is 18.0 Å². The molecule has 5 rings (SSSR count). The molecule has 4 aromatic rings. The van der Waals surface area contributed by atoms with Crippen LogP contribution in [0.15, 0.2) is 57.9 Å². The molecule has 130 valence electrons. The number of nitrogens with zero attached hydrogens (tertiary/aromatic N) is 5. The first-order chi connectivity index (χ1) is 12.9. The summed E-state index contributed by atoms with van der Waals surface area (Å²) in [5, 5.41) is 5.16. The monoisotopic (exact) mass is 347 g/mol. The minimum atomic E-state index is 0.177. The molecule has 0 spiro atoms. The van der Waals surface area contributed by atoms with E-state index in [1.54, 1.807) is 18.6 Å². The van der Waals surface area contributed by atoms with E-state index in [1.165, 1.54) is 0 Å². The van der Waals surface area contributed by atoms with Gasteiger partial charge >= 0.3 is 0 Å². The van der Waals surface area contributed by atoms with Crippen molar-refractivity contribution in [1.29, 1.82) is 0 Å². The summed E-state index contributed by atoms with van der Waals surface area (Å²) in [4.78, 5) is 15.4. The third-order valence-electron chi connectivity index (χ3n) is 4.73. The largest absolute Gasteiger partial charge is 0.453 e. The van der Waals surface area contributed by atoms with E-state index in [2.05, 4.69) is 25.0 Å². The number of hydrogen-bond acceptors (Lipinski definition) is 7. The third kappa shape index (κ3) is 2.71. The van der Waals surface area contributed by atoms with Crippen molar-refractivity contribution < 1.29 is 8.94 Å². The highest BCUT2D eigenvalue weighted by atomic mass is 16.5. The molecule has 1 aliphatic heterocycles. The van der Waals surface area contributed by atoms with Gasteiger partial charge in [-0.05, 0) is 25.0 Å². The van der Waals surface area contributed by atoms with E-state index in [4.69, 9.17) is 8.94 Å². The topological polar surface area (TPSA) is 81.1 Å². The number of furan rings is 1. The lowest BCUT2D eigenvalue weighted by atomic mass is 9.98. The molecule has 1 atom stereocenters. The first-order valence-electron chi connectivity index (χ1n) is 8.70. The van der Waals surface area contributed by atoms with Gasteiger partial charge in [0.05, 0.1) is 12.1 Å². The van der Waals surface area contributed by atoms with E-state index >= 15 is 0 Å². The Morgan fingerprint density at radius 1 is 1.15 bits per heavy atom. The fourth-order valence-corrected chi connectivity index (χ4v) is 3.43. The first kappa shape index (κ1) is 15.1. The molecule has 1 saturated heterocycles. The van der Waals surface area contributed by atoms with E-state index < -0.39 is 0 Å². The molecule has 0 N–H and O–H groups in total. The third-order valence-corrected chi connectivity index (χ3v) is 4.73. The fraction of sp³-hybridized carbons (Fsp3) is 0.263. The molecular formula is C19H17N5O2. The molecule has 1 aliphatic rings. The van der Waals surface area contributed by atoms with Gasteiger partial charge < -0.3 is 13.8 Å². The fourth-order valence-electron chi connectivity index (χ4n) is 3.43. The number of piperidine rings is 1. The molecule has 0 amide bonds. The second-order valence-electron chi connectivity index (χ2n) is 6.45. The molecule has 26 heavy (non-hydrogen) atoms. The summed E-state index contributed by atoms with van der Waals surface area (Å²) < 4.78 is 11.4. The quantitative estimate of drug-likeness (QED) is 0.559. The van der Waals surface area contributed by atoms with Crippen LogP contribution in [-0.4, -0.2) is 33.2 Å². The highest BCUT2D eigenvalue weighted by Crippen LogP contribution is 2.31. The lowest BCUT2D eigenvalue weighted by Gasteiger charge is -2.31. The Kier molecular flexibility index (Phi) is 3.62. The van der Waals surface area contributed by atoms with Gasteiger partial charge in [-0.3, -0.25) is 4.98 Å². The van der Waals surface area contributed by atoms with Crippen LogP contribution >= 0.6 is 0 Å². The maximum absolute atomic E-state index is 5.83. The van der Waals surface area contributed by atoms with Crippen LogP contribution in [0, 0.1) is 0 Å². The van der Waals surface area contributed by atoms with Crippen LogP contribution < -0.4 is 4.90 Å².